The highest BCUT2D eigenvalue weighted by Crippen LogP contribution is 2.25. The van der Waals surface area contributed by atoms with E-state index in [0.29, 0.717) is 12.6 Å². The van der Waals surface area contributed by atoms with Crippen molar-refractivity contribution in [3.63, 3.8) is 0 Å². The summed E-state index contributed by atoms with van der Waals surface area (Å²) in [6.07, 6.45) is 3.29. The normalized spacial score (nSPS) is 18.4. The quantitative estimate of drug-likeness (QED) is 0.781. The average Bonchev–Trinajstić information content (AvgIpc) is 2.90. The number of aliphatic hydroxyl groups is 1. The molecule has 1 aromatic rings. The predicted molar refractivity (Wildman–Crippen MR) is 59.7 cm³/mol. The second kappa shape index (κ2) is 4.43. The Bertz CT molecular complexity index is 293. The van der Waals surface area contributed by atoms with Crippen LogP contribution >= 0.6 is 11.3 Å². The van der Waals surface area contributed by atoms with E-state index in [1.807, 2.05) is 6.07 Å². The molecular formula is C11H17NOS. The second-order valence-corrected chi connectivity index (χ2v) is 5.06. The van der Waals surface area contributed by atoms with E-state index in [-0.39, 0.29) is 6.10 Å². The van der Waals surface area contributed by atoms with Crippen molar-refractivity contribution in [3.8, 4) is 0 Å². The zero-order valence-electron chi connectivity index (χ0n) is 8.49. The van der Waals surface area contributed by atoms with Crippen molar-refractivity contribution < 1.29 is 5.11 Å². The SMILES string of the molecule is CCc1ccc(C(O)CNC2CC2)s1. The maximum atomic E-state index is 9.85. The van der Waals surface area contributed by atoms with Crippen LogP contribution in [0.5, 0.6) is 0 Å². The van der Waals surface area contributed by atoms with E-state index in [9.17, 15) is 5.11 Å². The molecule has 1 aliphatic rings. The van der Waals surface area contributed by atoms with Crippen LogP contribution in [-0.4, -0.2) is 17.7 Å². The van der Waals surface area contributed by atoms with Crippen molar-refractivity contribution in [3.05, 3.63) is 21.9 Å². The monoisotopic (exact) mass is 211 g/mol. The van der Waals surface area contributed by atoms with E-state index in [1.54, 1.807) is 11.3 Å². The minimum atomic E-state index is -0.319. The molecule has 1 heterocycles. The molecular weight excluding hydrogens is 194 g/mol. The van der Waals surface area contributed by atoms with Gasteiger partial charge in [0.25, 0.3) is 0 Å². The molecule has 2 N–H and O–H groups in total. The lowest BCUT2D eigenvalue weighted by molar-refractivity contribution is 0.178. The Morgan fingerprint density at radius 3 is 2.93 bits per heavy atom. The molecule has 1 aliphatic carbocycles. The van der Waals surface area contributed by atoms with Crippen LogP contribution in [0.25, 0.3) is 0 Å². The number of hydrogen-bond donors (Lipinski definition) is 2. The Morgan fingerprint density at radius 1 is 1.57 bits per heavy atom. The molecule has 1 fully saturated rings. The summed E-state index contributed by atoms with van der Waals surface area (Å²) in [6.45, 7) is 2.85. The summed E-state index contributed by atoms with van der Waals surface area (Å²) in [5.74, 6) is 0. The fourth-order valence-electron chi connectivity index (χ4n) is 1.43. The van der Waals surface area contributed by atoms with Crippen molar-refractivity contribution in [1.29, 1.82) is 0 Å². The Balaban J connectivity index is 1.85. The number of hydrogen-bond acceptors (Lipinski definition) is 3. The lowest BCUT2D eigenvalue weighted by atomic mass is 10.3. The Labute approximate surface area is 89.0 Å². The minimum Gasteiger partial charge on any atom is -0.386 e. The van der Waals surface area contributed by atoms with Crippen molar-refractivity contribution >= 4 is 11.3 Å². The summed E-state index contributed by atoms with van der Waals surface area (Å²) in [6, 6.07) is 4.83. The van der Waals surface area contributed by atoms with Gasteiger partial charge in [-0.15, -0.1) is 11.3 Å². The smallest absolute Gasteiger partial charge is 0.101 e. The van der Waals surface area contributed by atoms with Gasteiger partial charge in [0.1, 0.15) is 6.10 Å². The third-order valence-corrected chi connectivity index (χ3v) is 3.87. The molecule has 2 nitrogen and oxygen atoms in total. The van der Waals surface area contributed by atoms with Gasteiger partial charge >= 0.3 is 0 Å². The molecule has 0 aliphatic heterocycles. The molecule has 0 radical (unpaired) electrons. The van der Waals surface area contributed by atoms with E-state index in [4.69, 9.17) is 0 Å². The van der Waals surface area contributed by atoms with Crippen LogP contribution in [0.15, 0.2) is 12.1 Å². The third-order valence-electron chi connectivity index (χ3n) is 2.54. The van der Waals surface area contributed by atoms with Gasteiger partial charge in [-0.1, -0.05) is 6.92 Å². The lowest BCUT2D eigenvalue weighted by Gasteiger charge is -2.08. The summed E-state index contributed by atoms with van der Waals surface area (Å²) >= 11 is 1.72. The zero-order chi connectivity index (χ0) is 9.97. The van der Waals surface area contributed by atoms with Gasteiger partial charge in [0.2, 0.25) is 0 Å². The van der Waals surface area contributed by atoms with Crippen LogP contribution in [0.4, 0.5) is 0 Å². The van der Waals surface area contributed by atoms with Crippen LogP contribution in [0, 0.1) is 0 Å². The molecule has 2 rings (SSSR count). The van der Waals surface area contributed by atoms with Crippen molar-refractivity contribution in [2.45, 2.75) is 38.3 Å². The van der Waals surface area contributed by atoms with Gasteiger partial charge in [-0.05, 0) is 31.4 Å². The van der Waals surface area contributed by atoms with Crippen LogP contribution < -0.4 is 5.32 Å². The Hall–Kier alpha value is -0.380. The Kier molecular flexibility index (Phi) is 3.21. The zero-order valence-corrected chi connectivity index (χ0v) is 9.31. The molecule has 0 aromatic carbocycles. The molecule has 0 saturated heterocycles. The molecule has 0 amide bonds. The molecule has 0 bridgehead atoms. The van der Waals surface area contributed by atoms with Gasteiger partial charge in [0.15, 0.2) is 0 Å². The average molecular weight is 211 g/mol. The first-order valence-corrected chi connectivity index (χ1v) is 6.11. The number of aryl methyl sites for hydroxylation is 1. The first kappa shape index (κ1) is 10.1. The third kappa shape index (κ3) is 2.56. The number of nitrogens with one attached hydrogen (secondary N) is 1. The summed E-state index contributed by atoms with van der Waals surface area (Å²) in [5.41, 5.74) is 0. The largest absolute Gasteiger partial charge is 0.386 e. The number of thiophene rings is 1. The van der Waals surface area contributed by atoms with E-state index in [1.165, 1.54) is 17.7 Å². The molecule has 14 heavy (non-hydrogen) atoms. The molecule has 1 saturated carbocycles. The van der Waals surface area contributed by atoms with Gasteiger partial charge in [0.05, 0.1) is 0 Å². The highest BCUT2D eigenvalue weighted by Gasteiger charge is 2.21. The number of aliphatic hydroxyl groups excluding tert-OH is 1. The molecule has 3 heteroatoms. The van der Waals surface area contributed by atoms with Gasteiger partial charge in [-0.25, -0.2) is 0 Å². The molecule has 1 aromatic heterocycles. The second-order valence-electron chi connectivity index (χ2n) is 3.86. The minimum absolute atomic E-state index is 0.319. The molecule has 1 atom stereocenters. The first-order chi connectivity index (χ1) is 6.79. The predicted octanol–water partition coefficient (Wildman–Crippen LogP) is 2.10. The summed E-state index contributed by atoms with van der Waals surface area (Å²) < 4.78 is 0. The summed E-state index contributed by atoms with van der Waals surface area (Å²) in [4.78, 5) is 2.44. The van der Waals surface area contributed by atoms with Crippen molar-refractivity contribution in [1.82, 2.24) is 5.32 Å². The summed E-state index contributed by atoms with van der Waals surface area (Å²) in [5, 5.41) is 13.2. The lowest BCUT2D eigenvalue weighted by Crippen LogP contribution is -2.22. The van der Waals surface area contributed by atoms with Gasteiger partial charge in [-0.3, -0.25) is 0 Å². The molecule has 0 spiro atoms. The molecule has 1 unspecified atom stereocenters. The standard InChI is InChI=1S/C11H17NOS/c1-2-9-5-6-11(14-9)10(13)7-12-8-3-4-8/h5-6,8,10,12-13H,2-4,7H2,1H3. The fourth-order valence-corrected chi connectivity index (χ4v) is 2.37. The topological polar surface area (TPSA) is 32.3 Å². The van der Waals surface area contributed by atoms with Crippen molar-refractivity contribution in [2.75, 3.05) is 6.54 Å². The first-order valence-electron chi connectivity index (χ1n) is 5.29. The van der Waals surface area contributed by atoms with Gasteiger partial charge in [-0.2, -0.15) is 0 Å². The van der Waals surface area contributed by atoms with Gasteiger partial charge in [0, 0.05) is 22.3 Å². The number of rotatable bonds is 5. The van der Waals surface area contributed by atoms with Gasteiger partial charge < -0.3 is 10.4 Å². The van der Waals surface area contributed by atoms with E-state index < -0.39 is 0 Å². The van der Waals surface area contributed by atoms with E-state index in [0.717, 1.165) is 11.3 Å². The van der Waals surface area contributed by atoms with Crippen LogP contribution in [-0.2, 0) is 6.42 Å². The summed E-state index contributed by atoms with van der Waals surface area (Å²) in [7, 11) is 0. The maximum Gasteiger partial charge on any atom is 0.101 e. The molecule has 78 valence electrons. The Morgan fingerprint density at radius 2 is 2.36 bits per heavy atom. The van der Waals surface area contributed by atoms with Crippen LogP contribution in [0.2, 0.25) is 0 Å². The van der Waals surface area contributed by atoms with Crippen LogP contribution in [0.3, 0.4) is 0 Å². The van der Waals surface area contributed by atoms with Crippen molar-refractivity contribution in [2.24, 2.45) is 0 Å². The van der Waals surface area contributed by atoms with E-state index in [2.05, 4.69) is 18.3 Å². The highest BCUT2D eigenvalue weighted by atomic mass is 32.1. The fraction of sp³-hybridized carbons (Fsp3) is 0.636. The maximum absolute atomic E-state index is 9.85. The highest BCUT2D eigenvalue weighted by molar-refractivity contribution is 7.12. The van der Waals surface area contributed by atoms with E-state index >= 15 is 0 Å². The van der Waals surface area contributed by atoms with Crippen LogP contribution in [0.1, 0.15) is 35.6 Å².